The maximum absolute atomic E-state index is 6.13. The van der Waals surface area contributed by atoms with Crippen LogP contribution in [0.2, 0.25) is 5.02 Å². The van der Waals surface area contributed by atoms with Crippen LogP contribution in [0.3, 0.4) is 0 Å². The number of piperazine rings is 1. The van der Waals surface area contributed by atoms with Crippen molar-refractivity contribution in [2.24, 2.45) is 0 Å². The summed E-state index contributed by atoms with van der Waals surface area (Å²) in [4.78, 5) is 15.8. The van der Waals surface area contributed by atoms with E-state index in [0.717, 1.165) is 49.4 Å². The first-order valence-electron chi connectivity index (χ1n) is 9.51. The van der Waals surface area contributed by atoms with Gasteiger partial charge in [-0.2, -0.15) is 0 Å². The Morgan fingerprint density at radius 2 is 1.64 bits per heavy atom. The number of halogens is 1. The highest BCUT2D eigenvalue weighted by atomic mass is 35.5. The molecule has 2 aromatic carbocycles. The third-order valence-electron chi connectivity index (χ3n) is 5.07. The van der Waals surface area contributed by atoms with Crippen molar-refractivity contribution in [3.05, 3.63) is 77.6 Å². The van der Waals surface area contributed by atoms with Gasteiger partial charge in [-0.25, -0.2) is 9.97 Å². The third-order valence-corrected chi connectivity index (χ3v) is 5.30. The Kier molecular flexibility index (Phi) is 5.63. The summed E-state index contributed by atoms with van der Waals surface area (Å²) in [6, 6.07) is 20.6. The molecule has 0 aliphatic carbocycles. The Labute approximate surface area is 171 Å². The lowest BCUT2D eigenvalue weighted by molar-refractivity contribution is 0.646. The molecule has 28 heavy (non-hydrogen) atoms. The summed E-state index contributed by atoms with van der Waals surface area (Å²) in [7, 11) is 2.07. The molecular formula is C22H24ClN5. The zero-order chi connectivity index (χ0) is 19.3. The predicted molar refractivity (Wildman–Crippen MR) is 116 cm³/mol. The molecule has 0 radical (unpaired) electrons. The molecule has 4 rings (SSSR count). The van der Waals surface area contributed by atoms with E-state index in [1.807, 2.05) is 24.3 Å². The molecule has 0 N–H and O–H groups in total. The van der Waals surface area contributed by atoms with Crippen LogP contribution in [0.25, 0.3) is 0 Å². The van der Waals surface area contributed by atoms with Crippen LogP contribution >= 0.6 is 11.6 Å². The van der Waals surface area contributed by atoms with Crippen molar-refractivity contribution in [1.29, 1.82) is 0 Å². The van der Waals surface area contributed by atoms with Crippen LogP contribution in [0.15, 0.2) is 67.0 Å². The van der Waals surface area contributed by atoms with Gasteiger partial charge in [-0.1, -0.05) is 48.0 Å². The number of nitrogens with zero attached hydrogens (tertiary/aromatic N) is 5. The quantitative estimate of drug-likeness (QED) is 0.652. The van der Waals surface area contributed by atoms with E-state index < -0.39 is 0 Å². The molecule has 1 aromatic heterocycles. The second-order valence-corrected chi connectivity index (χ2v) is 7.47. The summed E-state index contributed by atoms with van der Waals surface area (Å²) >= 11 is 6.13. The molecule has 0 saturated carbocycles. The topological polar surface area (TPSA) is 35.5 Å². The van der Waals surface area contributed by atoms with Crippen molar-refractivity contribution in [3.8, 4) is 0 Å². The number of aromatic nitrogens is 2. The minimum Gasteiger partial charge on any atom is -0.368 e. The van der Waals surface area contributed by atoms with Gasteiger partial charge in [-0.3, -0.25) is 0 Å². The highest BCUT2D eigenvalue weighted by Crippen LogP contribution is 2.23. The van der Waals surface area contributed by atoms with E-state index in [0.29, 0.717) is 0 Å². The largest absolute Gasteiger partial charge is 0.368 e. The van der Waals surface area contributed by atoms with E-state index in [2.05, 4.69) is 68.1 Å². The number of anilines is 3. The number of hydrogen-bond donors (Lipinski definition) is 0. The second-order valence-electron chi connectivity index (χ2n) is 7.03. The maximum atomic E-state index is 6.13. The van der Waals surface area contributed by atoms with Gasteiger partial charge in [0.15, 0.2) is 0 Å². The van der Waals surface area contributed by atoms with Crippen molar-refractivity contribution >= 4 is 28.9 Å². The van der Waals surface area contributed by atoms with Crippen LogP contribution in [-0.4, -0.2) is 43.2 Å². The molecular weight excluding hydrogens is 370 g/mol. The number of benzene rings is 2. The van der Waals surface area contributed by atoms with Gasteiger partial charge in [0.05, 0.1) is 0 Å². The van der Waals surface area contributed by atoms with Crippen LogP contribution in [-0.2, 0) is 6.54 Å². The molecule has 5 nitrogen and oxygen atoms in total. The average molecular weight is 394 g/mol. The maximum Gasteiger partial charge on any atom is 0.134 e. The standard InChI is InChI=1S/C22H24ClN5/c1-26(16-18-6-3-2-4-7-18)21-15-22(25-17-24-21)28-12-10-27(11-13-28)20-9-5-8-19(23)14-20/h2-9,14-15,17H,10-13,16H2,1H3. The fourth-order valence-electron chi connectivity index (χ4n) is 3.52. The fraction of sp³-hybridized carbons (Fsp3) is 0.273. The lowest BCUT2D eigenvalue weighted by Crippen LogP contribution is -2.46. The van der Waals surface area contributed by atoms with E-state index in [1.165, 1.54) is 11.3 Å². The molecule has 2 heterocycles. The fourth-order valence-corrected chi connectivity index (χ4v) is 3.71. The van der Waals surface area contributed by atoms with Crippen LogP contribution in [0.1, 0.15) is 5.56 Å². The molecule has 0 spiro atoms. The molecule has 3 aromatic rings. The summed E-state index contributed by atoms with van der Waals surface area (Å²) in [5, 5.41) is 0.779. The molecule has 6 heteroatoms. The first-order valence-corrected chi connectivity index (χ1v) is 9.89. The van der Waals surface area contributed by atoms with Gasteiger partial charge in [-0.05, 0) is 23.8 Å². The molecule has 0 bridgehead atoms. The summed E-state index contributed by atoms with van der Waals surface area (Å²) < 4.78 is 0. The number of rotatable bonds is 5. The van der Waals surface area contributed by atoms with Crippen molar-refractivity contribution in [2.75, 3.05) is 47.9 Å². The molecule has 0 unspecified atom stereocenters. The van der Waals surface area contributed by atoms with E-state index in [1.54, 1.807) is 6.33 Å². The SMILES string of the molecule is CN(Cc1ccccc1)c1cc(N2CCN(c3cccc(Cl)c3)CC2)ncn1. The third kappa shape index (κ3) is 4.37. The molecule has 0 amide bonds. The molecule has 0 atom stereocenters. The number of hydrogen-bond acceptors (Lipinski definition) is 5. The van der Waals surface area contributed by atoms with E-state index in [4.69, 9.17) is 11.6 Å². The molecule has 1 saturated heterocycles. The zero-order valence-electron chi connectivity index (χ0n) is 16.0. The van der Waals surface area contributed by atoms with Gasteiger partial charge in [-0.15, -0.1) is 0 Å². The van der Waals surface area contributed by atoms with Crippen LogP contribution in [0.5, 0.6) is 0 Å². The molecule has 144 valence electrons. The smallest absolute Gasteiger partial charge is 0.134 e. The highest BCUT2D eigenvalue weighted by Gasteiger charge is 2.19. The van der Waals surface area contributed by atoms with Crippen molar-refractivity contribution < 1.29 is 0 Å². The van der Waals surface area contributed by atoms with Gasteiger partial charge in [0, 0.05) is 56.5 Å². The van der Waals surface area contributed by atoms with Gasteiger partial charge >= 0.3 is 0 Å². The lowest BCUT2D eigenvalue weighted by atomic mass is 10.2. The van der Waals surface area contributed by atoms with E-state index in [9.17, 15) is 0 Å². The minimum atomic E-state index is 0.779. The Morgan fingerprint density at radius 3 is 2.39 bits per heavy atom. The van der Waals surface area contributed by atoms with E-state index in [-0.39, 0.29) is 0 Å². The second kappa shape index (κ2) is 8.48. The Bertz CT molecular complexity index is 910. The molecule has 1 fully saturated rings. The Morgan fingerprint density at radius 1 is 0.893 bits per heavy atom. The Hall–Kier alpha value is -2.79. The highest BCUT2D eigenvalue weighted by molar-refractivity contribution is 6.30. The summed E-state index contributed by atoms with van der Waals surface area (Å²) in [6.07, 6.45) is 1.66. The van der Waals surface area contributed by atoms with Crippen molar-refractivity contribution in [2.45, 2.75) is 6.54 Å². The van der Waals surface area contributed by atoms with E-state index >= 15 is 0 Å². The normalized spacial score (nSPS) is 14.2. The van der Waals surface area contributed by atoms with Gasteiger partial charge < -0.3 is 14.7 Å². The van der Waals surface area contributed by atoms with Gasteiger partial charge in [0.1, 0.15) is 18.0 Å². The van der Waals surface area contributed by atoms with Crippen molar-refractivity contribution in [3.63, 3.8) is 0 Å². The van der Waals surface area contributed by atoms with Crippen LogP contribution in [0, 0.1) is 0 Å². The first kappa shape index (κ1) is 18.6. The molecule has 1 aliphatic rings. The summed E-state index contributed by atoms with van der Waals surface area (Å²) in [6.45, 7) is 4.55. The van der Waals surface area contributed by atoms with Crippen LogP contribution in [0.4, 0.5) is 17.3 Å². The average Bonchev–Trinajstić information content (AvgIpc) is 2.75. The molecule has 1 aliphatic heterocycles. The summed E-state index contributed by atoms with van der Waals surface area (Å²) in [5.74, 6) is 1.92. The Balaban J connectivity index is 1.41. The lowest BCUT2D eigenvalue weighted by Gasteiger charge is -2.37. The first-order chi connectivity index (χ1) is 13.7. The zero-order valence-corrected chi connectivity index (χ0v) is 16.8. The van der Waals surface area contributed by atoms with Crippen molar-refractivity contribution in [1.82, 2.24) is 9.97 Å². The van der Waals surface area contributed by atoms with Gasteiger partial charge in [0.25, 0.3) is 0 Å². The van der Waals surface area contributed by atoms with Crippen LogP contribution < -0.4 is 14.7 Å². The predicted octanol–water partition coefficient (Wildman–Crippen LogP) is 4.09. The summed E-state index contributed by atoms with van der Waals surface area (Å²) in [5.41, 5.74) is 2.44. The monoisotopic (exact) mass is 393 g/mol. The van der Waals surface area contributed by atoms with Gasteiger partial charge in [0.2, 0.25) is 0 Å². The minimum absolute atomic E-state index is 0.779.